The molecule has 8 nitrogen and oxygen atoms in total. The number of anilines is 1. The highest BCUT2D eigenvalue weighted by Crippen LogP contribution is 2.35. The molecule has 0 radical (unpaired) electrons. The molecule has 160 valence electrons. The van der Waals surface area contributed by atoms with Crippen LogP contribution in [0.3, 0.4) is 0 Å². The third kappa shape index (κ3) is 3.32. The molecule has 0 aliphatic carbocycles. The maximum Gasteiger partial charge on any atom is 0.250 e. The Morgan fingerprint density at radius 3 is 2.59 bits per heavy atom. The lowest BCUT2D eigenvalue weighted by Crippen LogP contribution is -2.14. The molecule has 0 amide bonds. The van der Waals surface area contributed by atoms with E-state index in [9.17, 15) is 13.6 Å². The van der Waals surface area contributed by atoms with Crippen LogP contribution >= 0.6 is 11.3 Å². The van der Waals surface area contributed by atoms with E-state index in [0.29, 0.717) is 27.5 Å². The van der Waals surface area contributed by atoms with Gasteiger partial charge in [-0.2, -0.15) is 4.52 Å². The average Bonchev–Trinajstić information content (AvgIpc) is 3.43. The number of hydrogen-bond acceptors (Lipinski definition) is 7. The Bertz CT molecular complexity index is 1510. The predicted molar refractivity (Wildman–Crippen MR) is 116 cm³/mol. The number of nitrogen functional groups attached to an aromatic ring is 1. The summed E-state index contributed by atoms with van der Waals surface area (Å²) in [4.78, 5) is 25.3. The maximum atomic E-state index is 14.2. The third-order valence-corrected chi connectivity index (χ3v) is 5.74. The number of fused-ring (bicyclic) bond motifs is 1. The zero-order valence-electron chi connectivity index (χ0n) is 16.7. The lowest BCUT2D eigenvalue weighted by molar-refractivity contribution is 0.559. The van der Waals surface area contributed by atoms with Crippen molar-refractivity contribution in [2.45, 2.75) is 6.42 Å². The van der Waals surface area contributed by atoms with Crippen molar-refractivity contribution in [3.63, 3.8) is 0 Å². The highest BCUT2D eigenvalue weighted by molar-refractivity contribution is 7.13. The van der Waals surface area contributed by atoms with Gasteiger partial charge in [0.2, 0.25) is 11.5 Å². The highest BCUT2D eigenvalue weighted by Gasteiger charge is 2.22. The standard InChI is InChI=1S/C21H15F2N7OS/c1-29-10-11(5-6-16(29)31)17-18(20-25-7-8-32-20)27-21(24)30-19(17)26-15(28-30)9-12-13(22)3-2-4-14(12)23/h2-8,10H,9H2,1H3,(H2,24,27). The van der Waals surface area contributed by atoms with E-state index in [4.69, 9.17) is 5.73 Å². The molecular weight excluding hydrogens is 436 g/mol. The maximum absolute atomic E-state index is 14.2. The van der Waals surface area contributed by atoms with Crippen LogP contribution in [0.5, 0.6) is 0 Å². The van der Waals surface area contributed by atoms with Gasteiger partial charge in [0.1, 0.15) is 22.3 Å². The SMILES string of the molecule is Cn1cc(-c2c(-c3nccs3)nc(N)n3nc(Cc4c(F)cccc4F)nc23)ccc1=O. The van der Waals surface area contributed by atoms with Crippen LogP contribution in [0.4, 0.5) is 14.7 Å². The molecule has 5 rings (SSSR count). The number of rotatable bonds is 4. The lowest BCUT2D eigenvalue weighted by atomic mass is 10.1. The normalized spacial score (nSPS) is 11.3. The van der Waals surface area contributed by atoms with Gasteiger partial charge in [0, 0.05) is 48.4 Å². The Labute approximate surface area is 183 Å². The van der Waals surface area contributed by atoms with Gasteiger partial charge in [-0.15, -0.1) is 16.4 Å². The van der Waals surface area contributed by atoms with E-state index in [1.807, 2.05) is 0 Å². The summed E-state index contributed by atoms with van der Waals surface area (Å²) in [6.45, 7) is 0. The van der Waals surface area contributed by atoms with Gasteiger partial charge in [-0.25, -0.2) is 23.7 Å². The summed E-state index contributed by atoms with van der Waals surface area (Å²) in [5.41, 5.74) is 7.84. The number of halogens is 2. The van der Waals surface area contributed by atoms with E-state index in [2.05, 4.69) is 20.1 Å². The lowest BCUT2D eigenvalue weighted by Gasteiger charge is -2.10. The molecule has 2 N–H and O–H groups in total. The van der Waals surface area contributed by atoms with Gasteiger partial charge in [0.25, 0.3) is 0 Å². The van der Waals surface area contributed by atoms with Crippen LogP contribution in [0.1, 0.15) is 11.4 Å². The van der Waals surface area contributed by atoms with E-state index in [-0.39, 0.29) is 29.3 Å². The Balaban J connectivity index is 1.77. The van der Waals surface area contributed by atoms with Crippen molar-refractivity contribution in [2.75, 3.05) is 5.73 Å². The fourth-order valence-corrected chi connectivity index (χ4v) is 4.07. The summed E-state index contributed by atoms with van der Waals surface area (Å²) < 4.78 is 31.1. The number of nitrogens with zero attached hydrogens (tertiary/aromatic N) is 6. The number of benzene rings is 1. The number of aryl methyl sites for hydroxylation is 1. The van der Waals surface area contributed by atoms with Crippen molar-refractivity contribution in [3.05, 3.63) is 81.5 Å². The predicted octanol–water partition coefficient (Wildman–Crippen LogP) is 3.06. The Kier molecular flexibility index (Phi) is 4.74. The summed E-state index contributed by atoms with van der Waals surface area (Å²) in [6, 6.07) is 6.74. The Morgan fingerprint density at radius 2 is 1.91 bits per heavy atom. The molecule has 0 saturated carbocycles. The molecular formula is C21H15F2N7OS. The Hall–Kier alpha value is -3.99. The first kappa shape index (κ1) is 19.9. The van der Waals surface area contributed by atoms with E-state index in [1.54, 1.807) is 30.9 Å². The summed E-state index contributed by atoms with van der Waals surface area (Å²) >= 11 is 1.37. The number of aromatic nitrogens is 6. The molecule has 11 heteroatoms. The van der Waals surface area contributed by atoms with E-state index < -0.39 is 11.6 Å². The first-order valence-electron chi connectivity index (χ1n) is 9.47. The van der Waals surface area contributed by atoms with Gasteiger partial charge < -0.3 is 10.3 Å². The number of hydrogen-bond donors (Lipinski definition) is 1. The minimum Gasteiger partial charge on any atom is -0.368 e. The topological polar surface area (TPSA) is 104 Å². The molecule has 4 aromatic heterocycles. The smallest absolute Gasteiger partial charge is 0.250 e. The second kappa shape index (κ2) is 7.61. The van der Waals surface area contributed by atoms with Crippen molar-refractivity contribution < 1.29 is 8.78 Å². The molecule has 0 bridgehead atoms. The summed E-state index contributed by atoms with van der Waals surface area (Å²) in [7, 11) is 1.63. The molecule has 4 heterocycles. The van der Waals surface area contributed by atoms with Gasteiger partial charge in [0.05, 0.1) is 5.56 Å². The zero-order valence-corrected chi connectivity index (χ0v) is 17.5. The quantitative estimate of drug-likeness (QED) is 0.450. The van der Waals surface area contributed by atoms with Crippen LogP contribution in [-0.4, -0.2) is 29.1 Å². The largest absolute Gasteiger partial charge is 0.368 e. The van der Waals surface area contributed by atoms with Crippen molar-refractivity contribution >= 4 is 22.9 Å². The molecule has 5 aromatic rings. The van der Waals surface area contributed by atoms with Crippen LogP contribution in [0, 0.1) is 11.6 Å². The summed E-state index contributed by atoms with van der Waals surface area (Å²) in [5.74, 6) is -1.15. The molecule has 0 aliphatic heterocycles. The number of thiazole rings is 1. The molecule has 32 heavy (non-hydrogen) atoms. The van der Waals surface area contributed by atoms with Gasteiger partial charge in [-0.3, -0.25) is 4.79 Å². The van der Waals surface area contributed by atoms with Crippen molar-refractivity contribution in [1.82, 2.24) is 29.1 Å². The molecule has 0 aliphatic rings. The van der Waals surface area contributed by atoms with Crippen LogP contribution in [0.15, 0.2) is 52.9 Å². The fourth-order valence-electron chi connectivity index (χ4n) is 3.44. The van der Waals surface area contributed by atoms with Crippen LogP contribution in [-0.2, 0) is 13.5 Å². The number of pyridine rings is 1. The second-order valence-corrected chi connectivity index (χ2v) is 7.93. The first-order chi connectivity index (χ1) is 15.4. The van der Waals surface area contributed by atoms with Gasteiger partial charge in [-0.05, 0) is 18.2 Å². The Morgan fingerprint density at radius 1 is 1.12 bits per heavy atom. The fraction of sp³-hybridized carbons (Fsp3) is 0.0952. The van der Waals surface area contributed by atoms with E-state index in [0.717, 1.165) is 0 Å². The van der Waals surface area contributed by atoms with Gasteiger partial charge >= 0.3 is 0 Å². The van der Waals surface area contributed by atoms with E-state index >= 15 is 0 Å². The van der Waals surface area contributed by atoms with Crippen molar-refractivity contribution in [2.24, 2.45) is 7.05 Å². The molecule has 0 saturated heterocycles. The number of nitrogens with two attached hydrogens (primary N) is 1. The van der Waals surface area contributed by atoms with Gasteiger partial charge in [-0.1, -0.05) is 6.07 Å². The second-order valence-electron chi connectivity index (χ2n) is 7.04. The minimum absolute atomic E-state index is 0.0477. The van der Waals surface area contributed by atoms with Gasteiger partial charge in [0.15, 0.2) is 11.5 Å². The average molecular weight is 451 g/mol. The molecule has 1 aromatic carbocycles. The minimum atomic E-state index is -0.684. The first-order valence-corrected chi connectivity index (χ1v) is 10.4. The molecule has 0 fully saturated rings. The zero-order chi connectivity index (χ0) is 22.4. The van der Waals surface area contributed by atoms with E-state index in [1.165, 1.54) is 44.7 Å². The molecule has 0 spiro atoms. The van der Waals surface area contributed by atoms with Crippen LogP contribution in [0.2, 0.25) is 0 Å². The van der Waals surface area contributed by atoms with Crippen molar-refractivity contribution in [1.29, 1.82) is 0 Å². The van der Waals surface area contributed by atoms with Crippen LogP contribution in [0.25, 0.3) is 27.5 Å². The summed E-state index contributed by atoms with van der Waals surface area (Å²) in [6.07, 6.45) is 3.12. The monoisotopic (exact) mass is 451 g/mol. The molecule has 0 unspecified atom stereocenters. The molecule has 0 atom stereocenters. The summed E-state index contributed by atoms with van der Waals surface area (Å²) in [5, 5.41) is 6.75. The third-order valence-electron chi connectivity index (χ3n) is 4.96. The van der Waals surface area contributed by atoms with Crippen LogP contribution < -0.4 is 11.3 Å². The highest BCUT2D eigenvalue weighted by atomic mass is 32.1. The van der Waals surface area contributed by atoms with Crippen molar-refractivity contribution in [3.8, 4) is 21.8 Å².